The maximum Gasteiger partial charge on any atom is 0.329 e. The minimum Gasteiger partial charge on any atom is -0.468 e. The van der Waals surface area contributed by atoms with E-state index in [1.54, 1.807) is 24.3 Å². The van der Waals surface area contributed by atoms with E-state index in [0.29, 0.717) is 22.8 Å². The summed E-state index contributed by atoms with van der Waals surface area (Å²) in [6.45, 7) is -0.503. The Balaban J connectivity index is 2.39. The molecule has 0 radical (unpaired) electrons. The molecule has 1 aliphatic carbocycles. The second-order valence-electron chi connectivity index (χ2n) is 6.47. The van der Waals surface area contributed by atoms with Crippen molar-refractivity contribution in [2.45, 2.75) is 17.8 Å². The number of para-hydroxylation sites is 1. The van der Waals surface area contributed by atoms with Crippen molar-refractivity contribution in [3.8, 4) is 0 Å². The Hall–Kier alpha value is -3.23. The van der Waals surface area contributed by atoms with Gasteiger partial charge in [0.2, 0.25) is 12.0 Å². The van der Waals surface area contributed by atoms with E-state index in [4.69, 9.17) is 9.47 Å². The SMILES string of the molecule is COC(=O)C1(C(=O)OC)C[C@@H](C=O)[C@@H](C[N+](=O)[O-])c2c1[nH]c1ccccc21. The molecule has 0 aliphatic heterocycles. The van der Waals surface area contributed by atoms with Gasteiger partial charge >= 0.3 is 11.9 Å². The minimum absolute atomic E-state index is 0.187. The lowest BCUT2D eigenvalue weighted by molar-refractivity contribution is -0.484. The second-order valence-corrected chi connectivity index (χ2v) is 6.47. The van der Waals surface area contributed by atoms with Crippen LogP contribution in [0, 0.1) is 16.0 Å². The number of benzene rings is 1. The van der Waals surface area contributed by atoms with Gasteiger partial charge in [0.05, 0.1) is 20.1 Å². The molecule has 27 heavy (non-hydrogen) atoms. The van der Waals surface area contributed by atoms with Crippen LogP contribution in [-0.2, 0) is 29.3 Å². The molecule has 2 aromatic rings. The zero-order valence-electron chi connectivity index (χ0n) is 14.8. The normalized spacial score (nSPS) is 20.5. The number of ether oxygens (including phenoxy) is 2. The lowest BCUT2D eigenvalue weighted by Crippen LogP contribution is -2.51. The summed E-state index contributed by atoms with van der Waals surface area (Å²) in [4.78, 5) is 51.0. The standard InChI is InChI=1S/C18H18N2O7/c1-26-16(22)18(17(23)27-2)7-10(9-21)12(8-20(24)25)14-11-5-3-4-6-13(11)19-15(14)18/h3-6,9-10,12,19H,7-8H2,1-2H3/t10-,12+/m0/s1. The predicted molar refractivity (Wildman–Crippen MR) is 92.8 cm³/mol. The number of nitrogens with one attached hydrogen (secondary N) is 1. The van der Waals surface area contributed by atoms with Crippen LogP contribution < -0.4 is 0 Å². The van der Waals surface area contributed by atoms with Crippen molar-refractivity contribution in [3.05, 3.63) is 45.6 Å². The number of carbonyl (C=O) groups is 3. The highest BCUT2D eigenvalue weighted by molar-refractivity contribution is 6.08. The quantitative estimate of drug-likeness (QED) is 0.275. The number of H-pyrrole nitrogens is 1. The maximum absolute atomic E-state index is 12.7. The van der Waals surface area contributed by atoms with Crippen molar-refractivity contribution in [1.29, 1.82) is 0 Å². The van der Waals surface area contributed by atoms with Gasteiger partial charge in [-0.1, -0.05) is 18.2 Å². The van der Waals surface area contributed by atoms with Crippen LogP contribution in [0.2, 0.25) is 0 Å². The fourth-order valence-electron chi connectivity index (χ4n) is 4.03. The number of aldehydes is 1. The first-order chi connectivity index (χ1) is 12.9. The van der Waals surface area contributed by atoms with Gasteiger partial charge in [-0.25, -0.2) is 0 Å². The maximum atomic E-state index is 12.7. The number of nitrogens with zero attached hydrogens (tertiary/aromatic N) is 1. The van der Waals surface area contributed by atoms with Crippen LogP contribution >= 0.6 is 0 Å². The van der Waals surface area contributed by atoms with Crippen molar-refractivity contribution in [3.63, 3.8) is 0 Å². The number of rotatable bonds is 5. The molecular formula is C18H18N2O7. The monoisotopic (exact) mass is 374 g/mol. The Morgan fingerprint density at radius 1 is 1.30 bits per heavy atom. The molecule has 0 unspecified atom stereocenters. The molecule has 1 aliphatic rings. The van der Waals surface area contributed by atoms with E-state index in [0.717, 1.165) is 14.2 Å². The van der Waals surface area contributed by atoms with Gasteiger partial charge in [-0.3, -0.25) is 19.7 Å². The van der Waals surface area contributed by atoms with Crippen LogP contribution in [0.25, 0.3) is 10.9 Å². The second kappa shape index (κ2) is 6.82. The fourth-order valence-corrected chi connectivity index (χ4v) is 4.03. The average molecular weight is 374 g/mol. The Labute approximate surface area is 153 Å². The summed E-state index contributed by atoms with van der Waals surface area (Å²) >= 11 is 0. The molecule has 0 bridgehead atoms. The summed E-state index contributed by atoms with van der Waals surface area (Å²) in [5, 5.41) is 11.8. The van der Waals surface area contributed by atoms with E-state index in [-0.39, 0.29) is 12.1 Å². The molecule has 0 saturated carbocycles. The van der Waals surface area contributed by atoms with Crippen molar-refractivity contribution in [1.82, 2.24) is 4.98 Å². The molecular weight excluding hydrogens is 356 g/mol. The van der Waals surface area contributed by atoms with Crippen LogP contribution in [0.1, 0.15) is 23.6 Å². The molecule has 0 amide bonds. The molecule has 0 fully saturated rings. The number of hydrogen-bond donors (Lipinski definition) is 1. The highest BCUT2D eigenvalue weighted by atomic mass is 16.6. The number of hydrogen-bond acceptors (Lipinski definition) is 7. The van der Waals surface area contributed by atoms with E-state index in [1.165, 1.54) is 0 Å². The number of fused-ring (bicyclic) bond motifs is 3. The Morgan fingerprint density at radius 2 is 1.93 bits per heavy atom. The van der Waals surface area contributed by atoms with E-state index < -0.39 is 40.7 Å². The number of nitro groups is 1. The molecule has 3 rings (SSSR count). The van der Waals surface area contributed by atoms with Gasteiger partial charge in [-0.05, 0) is 18.1 Å². The fraction of sp³-hybridized carbons (Fsp3) is 0.389. The van der Waals surface area contributed by atoms with Crippen LogP contribution in [0.15, 0.2) is 24.3 Å². The zero-order valence-corrected chi connectivity index (χ0v) is 14.8. The largest absolute Gasteiger partial charge is 0.468 e. The molecule has 1 heterocycles. The topological polar surface area (TPSA) is 129 Å². The van der Waals surface area contributed by atoms with E-state index >= 15 is 0 Å². The van der Waals surface area contributed by atoms with Gasteiger partial charge in [0.1, 0.15) is 6.29 Å². The Morgan fingerprint density at radius 3 is 2.48 bits per heavy atom. The first-order valence-electron chi connectivity index (χ1n) is 8.25. The van der Waals surface area contributed by atoms with Crippen molar-refractivity contribution in [2.24, 2.45) is 5.92 Å². The molecule has 0 saturated heterocycles. The number of carbonyl (C=O) groups excluding carboxylic acids is 3. The summed E-state index contributed by atoms with van der Waals surface area (Å²) in [6, 6.07) is 6.94. The van der Waals surface area contributed by atoms with Gasteiger partial charge in [-0.15, -0.1) is 0 Å². The summed E-state index contributed by atoms with van der Waals surface area (Å²) in [5.74, 6) is -3.48. The van der Waals surface area contributed by atoms with Crippen molar-refractivity contribution >= 4 is 29.1 Å². The first-order valence-corrected chi connectivity index (χ1v) is 8.25. The number of aromatic amines is 1. The molecule has 9 nitrogen and oxygen atoms in total. The van der Waals surface area contributed by atoms with Crippen LogP contribution in [0.4, 0.5) is 0 Å². The highest BCUT2D eigenvalue weighted by Crippen LogP contribution is 2.49. The highest BCUT2D eigenvalue weighted by Gasteiger charge is 2.59. The predicted octanol–water partition coefficient (Wildman–Crippen LogP) is 1.33. The Bertz CT molecular complexity index is 917. The third-order valence-electron chi connectivity index (χ3n) is 5.19. The van der Waals surface area contributed by atoms with Gasteiger partial charge in [0.25, 0.3) is 0 Å². The summed E-state index contributed by atoms with van der Waals surface area (Å²) in [7, 11) is 2.27. The summed E-state index contributed by atoms with van der Waals surface area (Å²) in [5.41, 5.74) is -0.704. The van der Waals surface area contributed by atoms with Gasteiger partial charge in [0.15, 0.2) is 0 Å². The Kier molecular flexibility index (Phi) is 4.69. The smallest absolute Gasteiger partial charge is 0.329 e. The molecule has 1 aromatic heterocycles. The molecule has 142 valence electrons. The first kappa shape index (κ1) is 18.6. The van der Waals surface area contributed by atoms with E-state index in [2.05, 4.69) is 4.98 Å². The zero-order chi connectivity index (χ0) is 19.8. The number of aromatic nitrogens is 1. The summed E-state index contributed by atoms with van der Waals surface area (Å²) < 4.78 is 9.74. The van der Waals surface area contributed by atoms with Gasteiger partial charge < -0.3 is 19.3 Å². The average Bonchev–Trinajstić information content (AvgIpc) is 3.06. The van der Waals surface area contributed by atoms with Crippen LogP contribution in [-0.4, -0.2) is 48.9 Å². The lowest BCUT2D eigenvalue weighted by atomic mass is 9.64. The lowest BCUT2D eigenvalue weighted by Gasteiger charge is -2.37. The summed E-state index contributed by atoms with van der Waals surface area (Å²) in [6.07, 6.45) is 0.285. The molecule has 1 N–H and O–H groups in total. The van der Waals surface area contributed by atoms with Gasteiger partial charge in [-0.2, -0.15) is 0 Å². The van der Waals surface area contributed by atoms with Crippen molar-refractivity contribution in [2.75, 3.05) is 20.8 Å². The molecule has 0 spiro atoms. The minimum atomic E-state index is -1.89. The van der Waals surface area contributed by atoms with Crippen LogP contribution in [0.5, 0.6) is 0 Å². The van der Waals surface area contributed by atoms with Crippen LogP contribution in [0.3, 0.4) is 0 Å². The molecule has 1 aromatic carbocycles. The number of esters is 2. The third-order valence-corrected chi connectivity index (χ3v) is 5.19. The van der Waals surface area contributed by atoms with E-state index in [9.17, 15) is 24.5 Å². The van der Waals surface area contributed by atoms with Crippen molar-refractivity contribution < 1.29 is 28.8 Å². The number of methoxy groups -OCH3 is 2. The third kappa shape index (κ3) is 2.66. The van der Waals surface area contributed by atoms with Gasteiger partial charge in [0, 0.05) is 27.4 Å². The molecule has 2 atom stereocenters. The molecule has 9 heteroatoms. The van der Waals surface area contributed by atoms with E-state index in [1.807, 2.05) is 0 Å².